The number of hydrogen-bond donors (Lipinski definition) is 0. The molecular formula is C25H20ClNO3. The zero-order valence-electron chi connectivity index (χ0n) is 16.3. The first-order chi connectivity index (χ1) is 14.7. The van der Waals surface area contributed by atoms with Crippen molar-refractivity contribution in [3.8, 4) is 16.9 Å². The van der Waals surface area contributed by atoms with Gasteiger partial charge in [-0.2, -0.15) is 0 Å². The van der Waals surface area contributed by atoms with Crippen LogP contribution < -0.4 is 10.4 Å². The predicted molar refractivity (Wildman–Crippen MR) is 119 cm³/mol. The van der Waals surface area contributed by atoms with E-state index in [-0.39, 0.29) is 5.63 Å². The van der Waals surface area contributed by atoms with Gasteiger partial charge in [-0.3, -0.25) is 4.90 Å². The van der Waals surface area contributed by atoms with E-state index >= 15 is 0 Å². The molecule has 0 atom stereocenters. The maximum Gasteiger partial charge on any atom is 0.344 e. The highest BCUT2D eigenvalue weighted by Crippen LogP contribution is 2.33. The zero-order chi connectivity index (χ0) is 20.5. The predicted octanol–water partition coefficient (Wildman–Crippen LogP) is 5.51. The lowest BCUT2D eigenvalue weighted by Crippen LogP contribution is -2.33. The minimum absolute atomic E-state index is 0.338. The van der Waals surface area contributed by atoms with Crippen LogP contribution in [0.5, 0.6) is 5.75 Å². The van der Waals surface area contributed by atoms with Crippen molar-refractivity contribution in [2.24, 2.45) is 0 Å². The lowest BCUT2D eigenvalue weighted by Gasteiger charge is -2.29. The Hall–Kier alpha value is -3.08. The standard InChI is InChI=1S/C25H20ClNO3/c26-22-9-5-4-8-18(22)12-13-27-15-21-23(29-16-27)11-10-19-14-20(25(28)30-24(19)21)17-6-2-1-3-7-17/h1-11,14H,12-13,15-16H2. The van der Waals surface area contributed by atoms with Crippen LogP contribution in [0.2, 0.25) is 5.02 Å². The summed E-state index contributed by atoms with van der Waals surface area (Å²) in [5.41, 5.74) is 3.70. The molecule has 150 valence electrons. The fraction of sp³-hybridized carbons (Fsp3) is 0.160. The van der Waals surface area contributed by atoms with Gasteiger partial charge in [0.05, 0.1) is 11.1 Å². The maximum atomic E-state index is 12.7. The van der Waals surface area contributed by atoms with Gasteiger partial charge in [0.1, 0.15) is 18.1 Å². The van der Waals surface area contributed by atoms with Crippen LogP contribution in [0, 0.1) is 0 Å². The fourth-order valence-corrected chi connectivity index (χ4v) is 4.11. The van der Waals surface area contributed by atoms with Gasteiger partial charge >= 0.3 is 5.63 Å². The third-order valence-electron chi connectivity index (χ3n) is 5.49. The van der Waals surface area contributed by atoms with E-state index in [2.05, 4.69) is 4.90 Å². The molecule has 0 saturated heterocycles. The quantitative estimate of drug-likeness (QED) is 0.411. The van der Waals surface area contributed by atoms with Crippen LogP contribution in [-0.4, -0.2) is 18.2 Å². The molecule has 0 saturated carbocycles. The number of halogens is 1. The van der Waals surface area contributed by atoms with Gasteiger partial charge in [0.25, 0.3) is 0 Å². The van der Waals surface area contributed by atoms with Gasteiger partial charge in [0, 0.05) is 23.5 Å². The molecule has 1 aromatic heterocycles. The molecule has 0 aliphatic carbocycles. The summed E-state index contributed by atoms with van der Waals surface area (Å²) in [6, 6.07) is 23.3. The summed E-state index contributed by atoms with van der Waals surface area (Å²) in [6.45, 7) is 1.95. The van der Waals surface area contributed by atoms with E-state index in [1.54, 1.807) is 0 Å². The molecule has 5 rings (SSSR count). The normalized spacial score (nSPS) is 13.8. The van der Waals surface area contributed by atoms with Crippen molar-refractivity contribution in [1.82, 2.24) is 4.90 Å². The highest BCUT2D eigenvalue weighted by molar-refractivity contribution is 6.31. The monoisotopic (exact) mass is 417 g/mol. The third kappa shape index (κ3) is 3.60. The smallest absolute Gasteiger partial charge is 0.344 e. The number of ether oxygens (including phenoxy) is 1. The van der Waals surface area contributed by atoms with Crippen molar-refractivity contribution < 1.29 is 9.15 Å². The van der Waals surface area contributed by atoms with Crippen molar-refractivity contribution >= 4 is 22.6 Å². The number of rotatable bonds is 4. The average molecular weight is 418 g/mol. The van der Waals surface area contributed by atoms with Gasteiger partial charge in [-0.1, -0.05) is 60.1 Å². The second-order valence-corrected chi connectivity index (χ2v) is 7.85. The Bertz CT molecular complexity index is 1270. The highest BCUT2D eigenvalue weighted by Gasteiger charge is 2.22. The molecule has 1 aliphatic rings. The molecule has 30 heavy (non-hydrogen) atoms. The van der Waals surface area contributed by atoms with Crippen molar-refractivity contribution in [3.05, 3.63) is 99.4 Å². The molecule has 1 aliphatic heterocycles. The molecule has 5 heteroatoms. The second kappa shape index (κ2) is 7.98. The van der Waals surface area contributed by atoms with Crippen LogP contribution in [0.3, 0.4) is 0 Å². The van der Waals surface area contributed by atoms with Crippen LogP contribution in [-0.2, 0) is 13.0 Å². The highest BCUT2D eigenvalue weighted by atomic mass is 35.5. The van der Waals surface area contributed by atoms with Crippen molar-refractivity contribution in [3.63, 3.8) is 0 Å². The van der Waals surface area contributed by atoms with Crippen LogP contribution in [0.25, 0.3) is 22.1 Å². The number of benzene rings is 3. The molecule has 0 radical (unpaired) electrons. The minimum atomic E-state index is -0.338. The Morgan fingerprint density at radius 1 is 0.967 bits per heavy atom. The van der Waals surface area contributed by atoms with E-state index in [9.17, 15) is 4.79 Å². The summed E-state index contributed by atoms with van der Waals surface area (Å²) in [5.74, 6) is 0.770. The second-order valence-electron chi connectivity index (χ2n) is 7.44. The van der Waals surface area contributed by atoms with Crippen molar-refractivity contribution in [2.75, 3.05) is 13.3 Å². The summed E-state index contributed by atoms with van der Waals surface area (Å²) < 4.78 is 11.7. The lowest BCUT2D eigenvalue weighted by atomic mass is 10.0. The Morgan fingerprint density at radius 2 is 1.77 bits per heavy atom. The topological polar surface area (TPSA) is 42.7 Å². The van der Waals surface area contributed by atoms with E-state index in [4.69, 9.17) is 20.8 Å². The fourth-order valence-electron chi connectivity index (χ4n) is 3.88. The van der Waals surface area contributed by atoms with Gasteiger partial charge < -0.3 is 9.15 Å². The Kier molecular flexibility index (Phi) is 5.03. The van der Waals surface area contributed by atoms with Gasteiger partial charge in [0.15, 0.2) is 0 Å². The summed E-state index contributed by atoms with van der Waals surface area (Å²) in [6.07, 6.45) is 0.825. The molecule has 0 unspecified atom stereocenters. The van der Waals surface area contributed by atoms with Crippen LogP contribution in [0.15, 0.2) is 82.0 Å². The van der Waals surface area contributed by atoms with Gasteiger partial charge in [-0.25, -0.2) is 4.79 Å². The van der Waals surface area contributed by atoms with Crippen LogP contribution in [0.1, 0.15) is 11.1 Å². The van der Waals surface area contributed by atoms with E-state index in [0.29, 0.717) is 24.4 Å². The molecule has 4 nitrogen and oxygen atoms in total. The molecule has 2 heterocycles. The number of fused-ring (bicyclic) bond motifs is 3. The van der Waals surface area contributed by atoms with E-state index in [0.717, 1.165) is 45.8 Å². The van der Waals surface area contributed by atoms with E-state index in [1.165, 1.54) is 0 Å². The van der Waals surface area contributed by atoms with E-state index < -0.39 is 0 Å². The molecule has 3 aromatic carbocycles. The van der Waals surface area contributed by atoms with Crippen molar-refractivity contribution in [1.29, 1.82) is 0 Å². The molecule has 4 aromatic rings. The third-order valence-corrected chi connectivity index (χ3v) is 5.86. The summed E-state index contributed by atoms with van der Waals surface area (Å²) in [7, 11) is 0. The summed E-state index contributed by atoms with van der Waals surface area (Å²) >= 11 is 6.28. The number of nitrogens with zero attached hydrogens (tertiary/aromatic N) is 1. The first-order valence-electron chi connectivity index (χ1n) is 9.93. The maximum absolute atomic E-state index is 12.7. The first-order valence-corrected chi connectivity index (χ1v) is 10.3. The Morgan fingerprint density at radius 3 is 2.60 bits per heavy atom. The molecule has 0 amide bonds. The number of hydrogen-bond acceptors (Lipinski definition) is 4. The molecule has 0 fully saturated rings. The lowest BCUT2D eigenvalue weighted by molar-refractivity contribution is 0.0968. The Balaban J connectivity index is 1.45. The molecule has 0 spiro atoms. The zero-order valence-corrected chi connectivity index (χ0v) is 17.1. The van der Waals surface area contributed by atoms with Gasteiger partial charge in [-0.15, -0.1) is 0 Å². The average Bonchev–Trinajstić information content (AvgIpc) is 2.78. The Labute approximate surface area is 179 Å². The van der Waals surface area contributed by atoms with E-state index in [1.807, 2.05) is 72.8 Å². The molecule has 0 bridgehead atoms. The summed E-state index contributed by atoms with van der Waals surface area (Å²) in [5, 5.41) is 1.67. The summed E-state index contributed by atoms with van der Waals surface area (Å²) in [4.78, 5) is 14.9. The minimum Gasteiger partial charge on any atom is -0.478 e. The first kappa shape index (κ1) is 18.9. The van der Waals surface area contributed by atoms with Crippen molar-refractivity contribution in [2.45, 2.75) is 13.0 Å². The SMILES string of the molecule is O=c1oc2c3c(ccc2cc1-c1ccccc1)OCN(CCc1ccccc1Cl)C3. The largest absolute Gasteiger partial charge is 0.478 e. The van der Waals surface area contributed by atoms with Gasteiger partial charge in [0.2, 0.25) is 0 Å². The molecular weight excluding hydrogens is 398 g/mol. The van der Waals surface area contributed by atoms with Crippen LogP contribution in [0.4, 0.5) is 0 Å². The van der Waals surface area contributed by atoms with Crippen LogP contribution >= 0.6 is 11.6 Å². The molecule has 0 N–H and O–H groups in total. The van der Waals surface area contributed by atoms with Gasteiger partial charge in [-0.05, 0) is 41.8 Å².